The second-order valence-electron chi connectivity index (χ2n) is 6.38. The Kier molecular flexibility index (Phi) is 7.32. The van der Waals surface area contributed by atoms with Gasteiger partial charge in [0, 0.05) is 29.7 Å². The molecule has 0 unspecified atom stereocenters. The van der Waals surface area contributed by atoms with Gasteiger partial charge in [0.1, 0.15) is 5.82 Å². The standard InChI is InChI=1S/C21H24N4O2.CH4/c1-4-6-17(16-7-5-10-22-13-16)24-20-14(2)12-23-21(25-20)15-8-9-18(26)19(11-15)27-3;/h5,7-13,17,26H,4,6H2,1-3H3,(H,23,24,25);1H4/t17-;/m0./s1. The number of pyridine rings is 1. The van der Waals surface area contributed by atoms with Gasteiger partial charge >= 0.3 is 0 Å². The van der Waals surface area contributed by atoms with Crippen molar-refractivity contribution < 1.29 is 9.84 Å². The molecular weight excluding hydrogens is 352 g/mol. The highest BCUT2D eigenvalue weighted by Gasteiger charge is 2.15. The lowest BCUT2D eigenvalue weighted by Crippen LogP contribution is -2.13. The average molecular weight is 380 g/mol. The molecule has 3 rings (SSSR count). The van der Waals surface area contributed by atoms with E-state index in [0.717, 1.165) is 35.3 Å². The molecule has 0 saturated heterocycles. The Hall–Kier alpha value is -3.15. The molecular formula is C22H28N4O2. The molecule has 2 N–H and O–H groups in total. The number of methoxy groups -OCH3 is 1. The monoisotopic (exact) mass is 380 g/mol. The van der Waals surface area contributed by atoms with Crippen LogP contribution in [0.3, 0.4) is 0 Å². The Morgan fingerprint density at radius 1 is 1.21 bits per heavy atom. The van der Waals surface area contributed by atoms with Crippen LogP contribution in [-0.4, -0.2) is 27.2 Å². The van der Waals surface area contributed by atoms with Gasteiger partial charge < -0.3 is 15.2 Å². The van der Waals surface area contributed by atoms with E-state index in [1.807, 2.05) is 19.2 Å². The largest absolute Gasteiger partial charge is 0.504 e. The van der Waals surface area contributed by atoms with Crippen LogP contribution in [0.15, 0.2) is 48.9 Å². The summed E-state index contributed by atoms with van der Waals surface area (Å²) in [5, 5.41) is 13.3. The Morgan fingerprint density at radius 2 is 2.04 bits per heavy atom. The first-order valence-corrected chi connectivity index (χ1v) is 8.99. The summed E-state index contributed by atoms with van der Waals surface area (Å²) in [7, 11) is 1.52. The van der Waals surface area contributed by atoms with E-state index in [1.165, 1.54) is 7.11 Å². The highest BCUT2D eigenvalue weighted by Crippen LogP contribution is 2.31. The van der Waals surface area contributed by atoms with Crippen LogP contribution in [0, 0.1) is 6.92 Å². The van der Waals surface area contributed by atoms with Crippen LogP contribution in [0.5, 0.6) is 11.5 Å². The Labute approximate surface area is 166 Å². The topological polar surface area (TPSA) is 80.2 Å². The molecule has 0 aliphatic rings. The van der Waals surface area contributed by atoms with Crippen LogP contribution in [0.2, 0.25) is 0 Å². The minimum Gasteiger partial charge on any atom is -0.504 e. The molecule has 2 aromatic heterocycles. The number of anilines is 1. The third-order valence-corrected chi connectivity index (χ3v) is 4.38. The molecule has 0 spiro atoms. The molecule has 6 heteroatoms. The molecule has 0 bridgehead atoms. The lowest BCUT2D eigenvalue weighted by Gasteiger charge is -2.20. The first-order valence-electron chi connectivity index (χ1n) is 8.99. The van der Waals surface area contributed by atoms with Gasteiger partial charge in [0.25, 0.3) is 0 Å². The summed E-state index contributed by atoms with van der Waals surface area (Å²) in [5.41, 5.74) is 2.88. The van der Waals surface area contributed by atoms with Crippen molar-refractivity contribution in [2.24, 2.45) is 0 Å². The fourth-order valence-electron chi connectivity index (χ4n) is 2.90. The van der Waals surface area contributed by atoms with Gasteiger partial charge in [-0.1, -0.05) is 26.8 Å². The van der Waals surface area contributed by atoms with Gasteiger partial charge in [-0.2, -0.15) is 0 Å². The normalized spacial score (nSPS) is 11.4. The van der Waals surface area contributed by atoms with Gasteiger partial charge in [0.2, 0.25) is 0 Å². The maximum absolute atomic E-state index is 9.80. The van der Waals surface area contributed by atoms with E-state index in [4.69, 9.17) is 9.72 Å². The minimum atomic E-state index is 0. The van der Waals surface area contributed by atoms with Crippen LogP contribution in [0.1, 0.15) is 44.4 Å². The zero-order valence-electron chi connectivity index (χ0n) is 15.8. The van der Waals surface area contributed by atoms with Gasteiger partial charge in [0.05, 0.1) is 13.2 Å². The molecule has 1 aromatic carbocycles. The van der Waals surface area contributed by atoms with E-state index in [0.29, 0.717) is 11.6 Å². The van der Waals surface area contributed by atoms with Gasteiger partial charge in [-0.05, 0) is 43.2 Å². The zero-order chi connectivity index (χ0) is 19.2. The number of hydrogen-bond acceptors (Lipinski definition) is 6. The molecule has 0 aliphatic heterocycles. The minimum absolute atomic E-state index is 0. The molecule has 0 amide bonds. The first kappa shape index (κ1) is 21.2. The summed E-state index contributed by atoms with van der Waals surface area (Å²) in [4.78, 5) is 13.4. The highest BCUT2D eigenvalue weighted by atomic mass is 16.5. The van der Waals surface area contributed by atoms with Gasteiger partial charge in [-0.15, -0.1) is 0 Å². The second-order valence-corrected chi connectivity index (χ2v) is 6.38. The second kappa shape index (κ2) is 9.69. The summed E-state index contributed by atoms with van der Waals surface area (Å²) < 4.78 is 5.19. The summed E-state index contributed by atoms with van der Waals surface area (Å²) >= 11 is 0. The smallest absolute Gasteiger partial charge is 0.161 e. The summed E-state index contributed by atoms with van der Waals surface area (Å²) in [6.45, 7) is 4.14. The number of aromatic nitrogens is 3. The average Bonchev–Trinajstić information content (AvgIpc) is 2.70. The summed E-state index contributed by atoms with van der Waals surface area (Å²) in [6.07, 6.45) is 7.47. The first-order chi connectivity index (χ1) is 13.1. The fourth-order valence-corrected chi connectivity index (χ4v) is 2.90. The number of phenolic OH excluding ortho intramolecular Hbond substituents is 1. The van der Waals surface area contributed by atoms with Crippen LogP contribution in [0.25, 0.3) is 11.4 Å². The van der Waals surface area contributed by atoms with Gasteiger partial charge in [-0.25, -0.2) is 9.97 Å². The van der Waals surface area contributed by atoms with Crippen LogP contribution >= 0.6 is 0 Å². The molecule has 0 radical (unpaired) electrons. The van der Waals surface area contributed by atoms with Gasteiger partial charge in [0.15, 0.2) is 17.3 Å². The van der Waals surface area contributed by atoms with E-state index >= 15 is 0 Å². The SMILES string of the molecule is C.CCC[C@H](Nc1nc(-c2ccc(O)c(OC)c2)ncc1C)c1cccnc1. The Morgan fingerprint density at radius 3 is 2.71 bits per heavy atom. The molecule has 0 aliphatic carbocycles. The lowest BCUT2D eigenvalue weighted by atomic mass is 10.0. The van der Waals surface area contributed by atoms with Gasteiger partial charge in [-0.3, -0.25) is 4.98 Å². The van der Waals surface area contributed by atoms with Crippen molar-refractivity contribution in [1.29, 1.82) is 0 Å². The molecule has 6 nitrogen and oxygen atoms in total. The van der Waals surface area contributed by atoms with Crippen molar-refractivity contribution in [3.8, 4) is 22.9 Å². The van der Waals surface area contributed by atoms with Crippen LogP contribution < -0.4 is 10.1 Å². The van der Waals surface area contributed by atoms with E-state index in [-0.39, 0.29) is 19.2 Å². The van der Waals surface area contributed by atoms with E-state index in [9.17, 15) is 5.11 Å². The summed E-state index contributed by atoms with van der Waals surface area (Å²) in [6, 6.07) is 9.23. The van der Waals surface area contributed by atoms with Crippen LogP contribution in [-0.2, 0) is 0 Å². The van der Waals surface area contributed by atoms with Crippen molar-refractivity contribution in [3.63, 3.8) is 0 Å². The maximum Gasteiger partial charge on any atom is 0.161 e. The van der Waals surface area contributed by atoms with E-state index < -0.39 is 0 Å². The number of aromatic hydroxyl groups is 1. The molecule has 0 fully saturated rings. The third-order valence-electron chi connectivity index (χ3n) is 4.38. The maximum atomic E-state index is 9.80. The van der Waals surface area contributed by atoms with Crippen LogP contribution in [0.4, 0.5) is 5.82 Å². The Balaban J connectivity index is 0.00000280. The highest BCUT2D eigenvalue weighted by molar-refractivity contribution is 5.63. The molecule has 0 saturated carbocycles. The Bertz CT molecular complexity index is 900. The fraction of sp³-hybridized carbons (Fsp3) is 0.318. The number of aryl methyl sites for hydroxylation is 1. The van der Waals surface area contributed by atoms with E-state index in [2.05, 4.69) is 28.3 Å². The van der Waals surface area contributed by atoms with Crippen molar-refractivity contribution in [3.05, 3.63) is 60.0 Å². The number of nitrogens with zero attached hydrogens (tertiary/aromatic N) is 3. The zero-order valence-corrected chi connectivity index (χ0v) is 15.8. The summed E-state index contributed by atoms with van der Waals surface area (Å²) in [5.74, 6) is 1.84. The number of nitrogens with one attached hydrogen (secondary N) is 1. The van der Waals surface area contributed by atoms with Crippen molar-refractivity contribution in [2.45, 2.75) is 40.2 Å². The van der Waals surface area contributed by atoms with E-state index in [1.54, 1.807) is 30.6 Å². The molecule has 3 aromatic rings. The van der Waals surface area contributed by atoms with Crippen molar-refractivity contribution in [2.75, 3.05) is 12.4 Å². The lowest BCUT2D eigenvalue weighted by molar-refractivity contribution is 0.373. The molecule has 1 atom stereocenters. The molecule has 148 valence electrons. The number of phenols is 1. The predicted molar refractivity (Wildman–Crippen MR) is 113 cm³/mol. The number of rotatable bonds is 7. The quantitative estimate of drug-likeness (QED) is 0.590. The molecule has 2 heterocycles. The molecule has 28 heavy (non-hydrogen) atoms. The predicted octanol–water partition coefficient (Wildman–Crippen LogP) is 5.15. The van der Waals surface area contributed by atoms with Crippen molar-refractivity contribution >= 4 is 5.82 Å². The van der Waals surface area contributed by atoms with Crippen molar-refractivity contribution in [1.82, 2.24) is 15.0 Å². The third kappa shape index (κ3) is 4.76. The number of ether oxygens (including phenoxy) is 1. The number of hydrogen-bond donors (Lipinski definition) is 2. The number of benzene rings is 1.